The van der Waals surface area contributed by atoms with Gasteiger partial charge in [-0.25, -0.2) is 4.57 Å². The van der Waals surface area contributed by atoms with Crippen LogP contribution in [0.1, 0.15) is 5.56 Å². The average molecular weight is 338 g/mol. The molecule has 4 nitrogen and oxygen atoms in total. The minimum absolute atomic E-state index is 0. The maximum absolute atomic E-state index is 12.4. The first-order valence-electron chi connectivity index (χ1n) is 5.70. The van der Waals surface area contributed by atoms with Crippen LogP contribution in [0.25, 0.3) is 0 Å². The lowest BCUT2D eigenvalue weighted by Gasteiger charge is -2.14. The number of phosphoric acid groups is 1. The Labute approximate surface area is 123 Å². The Morgan fingerprint density at radius 1 is 0.864 bits per heavy atom. The second-order valence-electron chi connectivity index (χ2n) is 3.99. The topological polar surface area (TPSA) is 55.8 Å². The van der Waals surface area contributed by atoms with Crippen molar-refractivity contribution in [3.63, 3.8) is 0 Å². The molecule has 0 bridgehead atoms. The Balaban J connectivity index is 0.00000242. The lowest BCUT2D eigenvalue weighted by Crippen LogP contribution is -2.04. The SMILES string of the molecule is F.O=P(O)(Oc1ccccc1)Oc1ccc(C(F)(F)F)cc1. The third kappa shape index (κ3) is 5.05. The van der Waals surface area contributed by atoms with Gasteiger partial charge in [0.1, 0.15) is 11.5 Å². The molecule has 1 N–H and O–H groups in total. The number of halogens is 4. The van der Waals surface area contributed by atoms with E-state index in [2.05, 4.69) is 0 Å². The zero-order chi connectivity index (χ0) is 15.5. The third-order valence-electron chi connectivity index (χ3n) is 2.37. The number of alkyl halides is 3. The number of para-hydroxylation sites is 1. The first-order chi connectivity index (χ1) is 9.76. The molecule has 1 atom stereocenters. The molecule has 0 amide bonds. The second-order valence-corrected chi connectivity index (χ2v) is 5.29. The number of hydrogen-bond donors (Lipinski definition) is 1. The Morgan fingerprint density at radius 2 is 1.32 bits per heavy atom. The zero-order valence-corrected chi connectivity index (χ0v) is 11.8. The van der Waals surface area contributed by atoms with Crippen molar-refractivity contribution in [2.24, 2.45) is 0 Å². The monoisotopic (exact) mass is 338 g/mol. The highest BCUT2D eigenvalue weighted by Gasteiger charge is 2.31. The van der Waals surface area contributed by atoms with Crippen molar-refractivity contribution < 1.29 is 36.4 Å². The van der Waals surface area contributed by atoms with Crippen molar-refractivity contribution in [2.75, 3.05) is 0 Å². The van der Waals surface area contributed by atoms with Gasteiger partial charge in [-0.1, -0.05) is 18.2 Å². The molecule has 0 fully saturated rings. The molecule has 2 aromatic carbocycles. The molecule has 22 heavy (non-hydrogen) atoms. The highest BCUT2D eigenvalue weighted by atomic mass is 31.2. The molecule has 2 aromatic rings. The fourth-order valence-corrected chi connectivity index (χ4v) is 2.28. The number of phosphoric ester groups is 1. The third-order valence-corrected chi connectivity index (χ3v) is 3.25. The van der Waals surface area contributed by atoms with Crippen LogP contribution in [-0.4, -0.2) is 4.89 Å². The van der Waals surface area contributed by atoms with Gasteiger partial charge in [-0.2, -0.15) is 13.2 Å². The van der Waals surface area contributed by atoms with Gasteiger partial charge in [0.25, 0.3) is 0 Å². The molecule has 0 aromatic heterocycles. The van der Waals surface area contributed by atoms with E-state index in [0.29, 0.717) is 0 Å². The zero-order valence-electron chi connectivity index (χ0n) is 10.9. The molecule has 120 valence electrons. The fraction of sp³-hybridized carbons (Fsp3) is 0.0769. The van der Waals surface area contributed by atoms with Gasteiger partial charge in [0.15, 0.2) is 0 Å². The summed E-state index contributed by atoms with van der Waals surface area (Å²) in [5.41, 5.74) is -0.883. The van der Waals surface area contributed by atoms with Crippen LogP contribution in [0.3, 0.4) is 0 Å². The summed E-state index contributed by atoms with van der Waals surface area (Å²) in [5, 5.41) is 0. The minimum Gasteiger partial charge on any atom is -0.395 e. The molecule has 0 radical (unpaired) electrons. The summed E-state index contributed by atoms with van der Waals surface area (Å²) in [5.74, 6) is -0.0972. The Hall–Kier alpha value is -2.05. The molecule has 0 aliphatic heterocycles. The smallest absolute Gasteiger partial charge is 0.395 e. The molecule has 0 heterocycles. The van der Waals surface area contributed by atoms with E-state index in [0.717, 1.165) is 24.3 Å². The number of benzene rings is 2. The standard InChI is InChI=1S/C13H10F3O4P.FH/c14-13(15,16)10-6-8-12(9-7-10)20-21(17,18)19-11-4-2-1-3-5-11;/h1-9H,(H,17,18);1H. The van der Waals surface area contributed by atoms with Crippen molar-refractivity contribution >= 4 is 7.82 Å². The maximum Gasteiger partial charge on any atom is 0.584 e. The summed E-state index contributed by atoms with van der Waals surface area (Å²) < 4.78 is 58.3. The van der Waals surface area contributed by atoms with Crippen molar-refractivity contribution in [3.05, 3.63) is 60.2 Å². The molecule has 0 spiro atoms. The van der Waals surface area contributed by atoms with Crippen LogP contribution in [0.5, 0.6) is 11.5 Å². The highest BCUT2D eigenvalue weighted by molar-refractivity contribution is 7.48. The van der Waals surface area contributed by atoms with Gasteiger partial charge in [0.2, 0.25) is 0 Å². The first-order valence-corrected chi connectivity index (χ1v) is 7.20. The molecule has 2 rings (SSSR count). The van der Waals surface area contributed by atoms with Crippen molar-refractivity contribution in [1.82, 2.24) is 0 Å². The van der Waals surface area contributed by atoms with E-state index in [1.54, 1.807) is 18.2 Å². The van der Waals surface area contributed by atoms with E-state index in [1.165, 1.54) is 12.1 Å². The number of rotatable bonds is 4. The van der Waals surface area contributed by atoms with E-state index in [4.69, 9.17) is 9.05 Å². The van der Waals surface area contributed by atoms with Crippen LogP contribution >= 0.6 is 7.82 Å². The molecule has 0 saturated heterocycles. The molecular formula is C13H11F4O4P. The highest BCUT2D eigenvalue weighted by Crippen LogP contribution is 2.44. The van der Waals surface area contributed by atoms with Crippen molar-refractivity contribution in [1.29, 1.82) is 0 Å². The predicted octanol–water partition coefficient (Wildman–Crippen LogP) is 4.42. The quantitative estimate of drug-likeness (QED) is 0.662. The molecule has 9 heteroatoms. The maximum atomic E-state index is 12.4. The van der Waals surface area contributed by atoms with Gasteiger partial charge in [-0.3, -0.25) is 9.60 Å². The first kappa shape index (κ1) is 18.0. The summed E-state index contributed by atoms with van der Waals surface area (Å²) in [6.07, 6.45) is -4.48. The normalized spacial score (nSPS) is 13.6. The van der Waals surface area contributed by atoms with Gasteiger partial charge in [-0.15, -0.1) is 0 Å². The van der Waals surface area contributed by atoms with Crippen LogP contribution in [0.15, 0.2) is 54.6 Å². The minimum atomic E-state index is -4.48. The van der Waals surface area contributed by atoms with Crippen LogP contribution in [-0.2, 0) is 10.7 Å². The van der Waals surface area contributed by atoms with Gasteiger partial charge in [0, 0.05) is 0 Å². The summed E-state index contributed by atoms with van der Waals surface area (Å²) >= 11 is 0. The molecule has 1 unspecified atom stereocenters. The average Bonchev–Trinajstić information content (AvgIpc) is 2.38. The van der Waals surface area contributed by atoms with Crippen molar-refractivity contribution in [3.8, 4) is 11.5 Å². The lowest BCUT2D eigenvalue weighted by atomic mass is 10.2. The van der Waals surface area contributed by atoms with Gasteiger partial charge >= 0.3 is 14.0 Å². The van der Waals surface area contributed by atoms with E-state index >= 15 is 0 Å². The van der Waals surface area contributed by atoms with E-state index in [9.17, 15) is 22.6 Å². The van der Waals surface area contributed by atoms with Crippen LogP contribution in [0, 0.1) is 0 Å². The van der Waals surface area contributed by atoms with Gasteiger partial charge in [-0.05, 0) is 36.4 Å². The van der Waals surface area contributed by atoms with Crippen LogP contribution < -0.4 is 9.05 Å². The summed E-state index contributed by atoms with van der Waals surface area (Å²) in [6.45, 7) is 0. The molecule has 0 saturated carbocycles. The Kier molecular flexibility index (Phi) is 5.57. The number of hydrogen-bond acceptors (Lipinski definition) is 3. The summed E-state index contributed by atoms with van der Waals surface area (Å²) in [7, 11) is -4.47. The van der Waals surface area contributed by atoms with E-state index in [1.807, 2.05) is 0 Å². The van der Waals surface area contributed by atoms with Crippen LogP contribution in [0.4, 0.5) is 17.9 Å². The second kappa shape index (κ2) is 6.81. The van der Waals surface area contributed by atoms with Gasteiger partial charge < -0.3 is 9.05 Å². The predicted molar refractivity (Wildman–Crippen MR) is 71.5 cm³/mol. The largest absolute Gasteiger partial charge is 0.584 e. The fourth-order valence-electron chi connectivity index (χ4n) is 1.47. The molecule has 0 aliphatic carbocycles. The lowest BCUT2D eigenvalue weighted by molar-refractivity contribution is -0.137. The molecule has 0 aliphatic rings. The summed E-state index contributed by atoms with van der Waals surface area (Å²) in [6, 6.07) is 11.1. The van der Waals surface area contributed by atoms with Crippen LogP contribution in [0.2, 0.25) is 0 Å². The van der Waals surface area contributed by atoms with E-state index in [-0.39, 0.29) is 16.2 Å². The van der Waals surface area contributed by atoms with Crippen molar-refractivity contribution in [2.45, 2.75) is 6.18 Å². The molecular weight excluding hydrogens is 327 g/mol. The van der Waals surface area contributed by atoms with E-state index < -0.39 is 19.6 Å². The Morgan fingerprint density at radius 3 is 1.77 bits per heavy atom. The summed E-state index contributed by atoms with van der Waals surface area (Å²) in [4.78, 5) is 9.54. The Bertz CT molecular complexity index is 643. The van der Waals surface area contributed by atoms with Gasteiger partial charge in [0.05, 0.1) is 5.56 Å².